The molecule has 0 saturated carbocycles. The quantitative estimate of drug-likeness (QED) is 0.190. The molecule has 4 atom stereocenters. The third-order valence-corrected chi connectivity index (χ3v) is 8.82. The molecule has 4 aromatic carbocycles. The number of unbranched alkanes of at least 4 members (excludes halogenated alkanes) is 1. The number of nitrogens with zero attached hydrogens (tertiary/aromatic N) is 2. The van der Waals surface area contributed by atoms with Crippen molar-refractivity contribution >= 4 is 39.3 Å². The van der Waals surface area contributed by atoms with Crippen LogP contribution in [-0.2, 0) is 32.0 Å². The molecule has 0 aliphatic carbocycles. The normalized spacial score (nSPS) is 18.1. The maximum atomic E-state index is 13.9. The van der Waals surface area contributed by atoms with Gasteiger partial charge in [0.2, 0.25) is 11.8 Å². The summed E-state index contributed by atoms with van der Waals surface area (Å²) in [6, 6.07) is 26.8. The van der Waals surface area contributed by atoms with Crippen LogP contribution in [0.3, 0.4) is 0 Å². The molecule has 2 amide bonds. The molecule has 0 radical (unpaired) electrons. The fourth-order valence-electron chi connectivity index (χ4n) is 6.40. The van der Waals surface area contributed by atoms with Gasteiger partial charge in [0.05, 0.1) is 18.7 Å². The molecule has 1 fully saturated rings. The summed E-state index contributed by atoms with van der Waals surface area (Å²) in [6.45, 7) is 4.45. The first kappa shape index (κ1) is 32.1. The van der Waals surface area contributed by atoms with Crippen molar-refractivity contribution in [3.05, 3.63) is 96.1 Å². The van der Waals surface area contributed by atoms with Gasteiger partial charge in [0.25, 0.3) is 0 Å². The molecule has 8 nitrogen and oxygen atoms in total. The standard InChI is InChI=1S/C37H44N4O4/c1-25-23-41(37(44)35(39)22-28-15-17-30-10-4-6-12-32(30)20-28)33(13-7-8-18-45-26(2)42)24-40(25)36(43)34(38)21-27-14-16-29-9-3-5-11-31(29)19-27/h3-6,9-12,14-17,19-20,25,33-35H,7-8,13,18,21-24,38-39H2,1-2H3/t25-,33+,34?,35?/m1/s1. The molecule has 4 aromatic rings. The Bertz CT molecular complexity index is 1660. The Balaban J connectivity index is 1.27. The molecular formula is C37H44N4O4. The monoisotopic (exact) mass is 608 g/mol. The lowest BCUT2D eigenvalue weighted by atomic mass is 9.96. The second-order valence-corrected chi connectivity index (χ2v) is 12.3. The van der Waals surface area contributed by atoms with Crippen LogP contribution in [0, 0.1) is 0 Å². The Labute approximate surface area is 265 Å². The zero-order valence-electron chi connectivity index (χ0n) is 26.2. The topological polar surface area (TPSA) is 119 Å². The molecule has 0 bridgehead atoms. The SMILES string of the molecule is CC(=O)OCCCC[C@H]1CN(C(=O)C(N)Cc2ccc3ccccc3c2)[C@H](C)CN1C(=O)C(N)Cc1ccc2ccccc2c1. The summed E-state index contributed by atoms with van der Waals surface area (Å²) in [5.41, 5.74) is 15.1. The number of hydrogen-bond acceptors (Lipinski definition) is 6. The zero-order chi connectivity index (χ0) is 31.9. The summed E-state index contributed by atoms with van der Waals surface area (Å²) in [7, 11) is 0. The lowest BCUT2D eigenvalue weighted by Gasteiger charge is -2.47. The number of carbonyl (C=O) groups excluding carboxylic acids is 3. The smallest absolute Gasteiger partial charge is 0.302 e. The van der Waals surface area contributed by atoms with E-state index in [1.54, 1.807) is 0 Å². The Morgan fingerprint density at radius 2 is 1.24 bits per heavy atom. The van der Waals surface area contributed by atoms with Crippen LogP contribution in [0.4, 0.5) is 0 Å². The fraction of sp³-hybridized carbons (Fsp3) is 0.378. The largest absolute Gasteiger partial charge is 0.466 e. The van der Waals surface area contributed by atoms with E-state index in [9.17, 15) is 14.4 Å². The molecule has 8 heteroatoms. The maximum absolute atomic E-state index is 13.9. The van der Waals surface area contributed by atoms with Gasteiger partial charge in [-0.25, -0.2) is 0 Å². The Hall–Kier alpha value is -4.27. The van der Waals surface area contributed by atoms with Crippen LogP contribution in [0.25, 0.3) is 21.5 Å². The van der Waals surface area contributed by atoms with Gasteiger partial charge in [-0.1, -0.05) is 84.9 Å². The van der Waals surface area contributed by atoms with E-state index in [0.29, 0.717) is 45.4 Å². The molecule has 1 aliphatic heterocycles. The number of piperazine rings is 1. The average Bonchev–Trinajstić information content (AvgIpc) is 3.04. The van der Waals surface area contributed by atoms with Crippen LogP contribution in [-0.4, -0.2) is 71.4 Å². The minimum Gasteiger partial charge on any atom is -0.466 e. The van der Waals surface area contributed by atoms with Gasteiger partial charge in [0.1, 0.15) is 0 Å². The van der Waals surface area contributed by atoms with Crippen molar-refractivity contribution in [3.63, 3.8) is 0 Å². The average molecular weight is 609 g/mol. The van der Waals surface area contributed by atoms with E-state index >= 15 is 0 Å². The van der Waals surface area contributed by atoms with Crippen molar-refractivity contribution < 1.29 is 19.1 Å². The predicted octanol–water partition coefficient (Wildman–Crippen LogP) is 4.59. The van der Waals surface area contributed by atoms with Crippen LogP contribution >= 0.6 is 0 Å². The second-order valence-electron chi connectivity index (χ2n) is 12.3. The molecule has 236 valence electrons. The summed E-state index contributed by atoms with van der Waals surface area (Å²) in [4.78, 5) is 42.5. The molecule has 5 rings (SSSR count). The molecular weight excluding hydrogens is 564 g/mol. The first-order chi connectivity index (χ1) is 21.7. The Morgan fingerprint density at radius 1 is 0.733 bits per heavy atom. The first-order valence-corrected chi connectivity index (χ1v) is 15.9. The van der Waals surface area contributed by atoms with E-state index in [1.165, 1.54) is 6.92 Å². The number of ether oxygens (including phenoxy) is 1. The van der Waals surface area contributed by atoms with Gasteiger partial charge in [-0.2, -0.15) is 0 Å². The summed E-state index contributed by atoms with van der Waals surface area (Å²) in [5, 5.41) is 4.51. The number of hydrogen-bond donors (Lipinski definition) is 2. The van der Waals surface area contributed by atoms with E-state index in [0.717, 1.165) is 39.1 Å². The lowest BCUT2D eigenvalue weighted by molar-refractivity contribution is -0.148. The minimum atomic E-state index is -0.709. The number of amides is 2. The first-order valence-electron chi connectivity index (χ1n) is 15.9. The van der Waals surface area contributed by atoms with Crippen molar-refractivity contribution in [2.45, 2.75) is 70.1 Å². The highest BCUT2D eigenvalue weighted by atomic mass is 16.5. The number of carbonyl (C=O) groups is 3. The Kier molecular flexibility index (Phi) is 10.5. The highest BCUT2D eigenvalue weighted by Crippen LogP contribution is 2.24. The predicted molar refractivity (Wildman–Crippen MR) is 178 cm³/mol. The van der Waals surface area contributed by atoms with Gasteiger partial charge in [-0.3, -0.25) is 14.4 Å². The third kappa shape index (κ3) is 8.07. The number of benzene rings is 4. The van der Waals surface area contributed by atoms with Crippen LogP contribution in [0.1, 0.15) is 44.2 Å². The molecule has 4 N–H and O–H groups in total. The Morgan fingerprint density at radius 3 is 1.78 bits per heavy atom. The van der Waals surface area contributed by atoms with E-state index in [-0.39, 0.29) is 29.9 Å². The summed E-state index contributed by atoms with van der Waals surface area (Å²) in [6.07, 6.45) is 2.92. The molecule has 0 spiro atoms. The molecule has 0 aromatic heterocycles. The molecule has 2 unspecified atom stereocenters. The minimum absolute atomic E-state index is 0.117. The number of esters is 1. The van der Waals surface area contributed by atoms with Crippen molar-refractivity contribution in [2.75, 3.05) is 19.7 Å². The third-order valence-electron chi connectivity index (χ3n) is 8.82. The lowest BCUT2D eigenvalue weighted by Crippen LogP contribution is -2.64. The van der Waals surface area contributed by atoms with E-state index in [4.69, 9.17) is 16.2 Å². The van der Waals surface area contributed by atoms with E-state index in [2.05, 4.69) is 48.5 Å². The van der Waals surface area contributed by atoms with Crippen molar-refractivity contribution in [1.82, 2.24) is 9.80 Å². The van der Waals surface area contributed by atoms with E-state index < -0.39 is 12.1 Å². The molecule has 1 saturated heterocycles. The van der Waals surface area contributed by atoms with Crippen LogP contribution in [0.2, 0.25) is 0 Å². The highest BCUT2D eigenvalue weighted by Gasteiger charge is 2.39. The summed E-state index contributed by atoms with van der Waals surface area (Å²) < 4.78 is 5.11. The van der Waals surface area contributed by atoms with Crippen molar-refractivity contribution in [2.24, 2.45) is 11.5 Å². The fourth-order valence-corrected chi connectivity index (χ4v) is 6.40. The van der Waals surface area contributed by atoms with Gasteiger partial charge in [-0.05, 0) is 71.7 Å². The van der Waals surface area contributed by atoms with Crippen LogP contribution in [0.5, 0.6) is 0 Å². The van der Waals surface area contributed by atoms with Crippen LogP contribution in [0.15, 0.2) is 84.9 Å². The second kappa shape index (κ2) is 14.7. The highest BCUT2D eigenvalue weighted by molar-refractivity contribution is 5.87. The molecule has 45 heavy (non-hydrogen) atoms. The van der Waals surface area contributed by atoms with Crippen molar-refractivity contribution in [1.29, 1.82) is 0 Å². The molecule has 1 heterocycles. The molecule has 1 aliphatic rings. The van der Waals surface area contributed by atoms with Crippen molar-refractivity contribution in [3.8, 4) is 0 Å². The van der Waals surface area contributed by atoms with Crippen LogP contribution < -0.4 is 11.5 Å². The van der Waals surface area contributed by atoms with Gasteiger partial charge < -0.3 is 26.0 Å². The van der Waals surface area contributed by atoms with Gasteiger partial charge >= 0.3 is 5.97 Å². The summed E-state index contributed by atoms with van der Waals surface area (Å²) >= 11 is 0. The number of nitrogens with two attached hydrogens (primary N) is 2. The number of fused-ring (bicyclic) bond motifs is 2. The van der Waals surface area contributed by atoms with Gasteiger partial charge in [0, 0.05) is 32.1 Å². The zero-order valence-corrected chi connectivity index (χ0v) is 26.2. The van der Waals surface area contributed by atoms with Gasteiger partial charge in [0.15, 0.2) is 0 Å². The summed E-state index contributed by atoms with van der Waals surface area (Å²) in [5.74, 6) is -0.546. The number of rotatable bonds is 11. The maximum Gasteiger partial charge on any atom is 0.302 e. The van der Waals surface area contributed by atoms with E-state index in [1.807, 2.05) is 53.1 Å². The van der Waals surface area contributed by atoms with Gasteiger partial charge in [-0.15, -0.1) is 0 Å².